The summed E-state index contributed by atoms with van der Waals surface area (Å²) in [4.78, 5) is 27.4. The minimum atomic E-state index is -0.261. The molecule has 4 rings (SSSR count). The number of nitrogens with one attached hydrogen (secondary N) is 1. The lowest BCUT2D eigenvalue weighted by Crippen LogP contribution is -2.29. The van der Waals surface area contributed by atoms with E-state index in [1.165, 1.54) is 17.3 Å². The average Bonchev–Trinajstić information content (AvgIpc) is 3.20. The molecule has 1 atom stereocenters. The third-order valence-electron chi connectivity index (χ3n) is 5.31. The Labute approximate surface area is 186 Å². The van der Waals surface area contributed by atoms with Crippen LogP contribution in [0.15, 0.2) is 72.8 Å². The molecule has 1 aliphatic heterocycles. The monoisotopic (exact) mass is 432 g/mol. The van der Waals surface area contributed by atoms with Crippen molar-refractivity contribution in [2.24, 2.45) is 0 Å². The summed E-state index contributed by atoms with van der Waals surface area (Å²) in [5.41, 5.74) is 4.08. The molecule has 1 aliphatic rings. The first-order valence-corrected chi connectivity index (χ1v) is 11.2. The van der Waals surface area contributed by atoms with Gasteiger partial charge < -0.3 is 10.1 Å². The summed E-state index contributed by atoms with van der Waals surface area (Å²) < 4.78 is 5.49. The number of ether oxygens (including phenoxy) is 1. The molecule has 3 aromatic carbocycles. The molecule has 1 fully saturated rings. The second-order valence-electron chi connectivity index (χ2n) is 7.19. The van der Waals surface area contributed by atoms with E-state index in [1.54, 1.807) is 12.0 Å². The maximum atomic E-state index is 12.9. The predicted octanol–water partition coefficient (Wildman–Crippen LogP) is 5.29. The molecule has 5 nitrogen and oxygen atoms in total. The minimum absolute atomic E-state index is 0.00999. The van der Waals surface area contributed by atoms with Gasteiger partial charge in [-0.15, -0.1) is 11.8 Å². The predicted molar refractivity (Wildman–Crippen MR) is 126 cm³/mol. The molecule has 0 bridgehead atoms. The first kappa shape index (κ1) is 21.0. The maximum absolute atomic E-state index is 12.9. The van der Waals surface area contributed by atoms with E-state index in [4.69, 9.17) is 4.74 Å². The van der Waals surface area contributed by atoms with Gasteiger partial charge in [-0.1, -0.05) is 49.4 Å². The maximum Gasteiger partial charge on any atom is 0.255 e. The van der Waals surface area contributed by atoms with Gasteiger partial charge in [0.15, 0.2) is 0 Å². The highest BCUT2D eigenvalue weighted by Gasteiger charge is 2.36. The number of hydrogen-bond donors (Lipinski definition) is 1. The third-order valence-corrected chi connectivity index (χ3v) is 6.51. The van der Waals surface area contributed by atoms with E-state index in [-0.39, 0.29) is 17.2 Å². The van der Waals surface area contributed by atoms with Crippen LogP contribution >= 0.6 is 11.8 Å². The van der Waals surface area contributed by atoms with Crippen LogP contribution in [0.25, 0.3) is 0 Å². The van der Waals surface area contributed by atoms with Crippen molar-refractivity contribution < 1.29 is 14.3 Å². The second-order valence-corrected chi connectivity index (χ2v) is 8.26. The zero-order valence-corrected chi connectivity index (χ0v) is 18.3. The molecule has 0 spiro atoms. The summed E-state index contributed by atoms with van der Waals surface area (Å²) in [5.74, 6) is 0.841. The van der Waals surface area contributed by atoms with E-state index in [1.807, 2.05) is 72.8 Å². The number of benzene rings is 3. The first-order chi connectivity index (χ1) is 15.1. The summed E-state index contributed by atoms with van der Waals surface area (Å²) in [7, 11) is 1.60. The fourth-order valence-corrected chi connectivity index (χ4v) is 4.86. The highest BCUT2D eigenvalue weighted by atomic mass is 32.2. The van der Waals surface area contributed by atoms with Gasteiger partial charge in [-0.05, 0) is 42.3 Å². The number of amides is 2. The van der Waals surface area contributed by atoms with Gasteiger partial charge in [0.25, 0.3) is 5.91 Å². The fourth-order valence-electron chi connectivity index (χ4n) is 3.66. The summed E-state index contributed by atoms with van der Waals surface area (Å²) in [5, 5.41) is 2.77. The Morgan fingerprint density at radius 3 is 2.52 bits per heavy atom. The Morgan fingerprint density at radius 1 is 1.06 bits per heavy atom. The van der Waals surface area contributed by atoms with Gasteiger partial charge in [0.1, 0.15) is 11.1 Å². The van der Waals surface area contributed by atoms with Gasteiger partial charge in [-0.2, -0.15) is 0 Å². The lowest BCUT2D eigenvalue weighted by molar-refractivity contribution is -0.115. The number of nitrogens with zero attached hydrogens (tertiary/aromatic N) is 1. The molecule has 0 aromatic heterocycles. The number of anilines is 2. The molecule has 3 aromatic rings. The molecule has 0 radical (unpaired) electrons. The normalized spacial score (nSPS) is 15.7. The Morgan fingerprint density at radius 2 is 1.77 bits per heavy atom. The van der Waals surface area contributed by atoms with Crippen LogP contribution in [0.5, 0.6) is 5.75 Å². The van der Waals surface area contributed by atoms with Crippen molar-refractivity contribution in [3.63, 3.8) is 0 Å². The Balaban J connectivity index is 1.65. The van der Waals surface area contributed by atoms with E-state index in [0.717, 1.165) is 17.7 Å². The molecule has 1 N–H and O–H groups in total. The van der Waals surface area contributed by atoms with Crippen LogP contribution in [-0.4, -0.2) is 24.7 Å². The topological polar surface area (TPSA) is 58.6 Å². The first-order valence-electron chi connectivity index (χ1n) is 10.2. The van der Waals surface area contributed by atoms with Crippen LogP contribution in [0, 0.1) is 0 Å². The van der Waals surface area contributed by atoms with Crippen LogP contribution in [0.1, 0.15) is 33.8 Å². The number of carbonyl (C=O) groups is 2. The van der Waals surface area contributed by atoms with Gasteiger partial charge in [-0.3, -0.25) is 14.5 Å². The van der Waals surface area contributed by atoms with E-state index >= 15 is 0 Å². The van der Waals surface area contributed by atoms with E-state index in [9.17, 15) is 9.59 Å². The highest BCUT2D eigenvalue weighted by molar-refractivity contribution is 8.00. The minimum Gasteiger partial charge on any atom is -0.495 e. The molecule has 2 amide bonds. The van der Waals surface area contributed by atoms with Crippen LogP contribution in [0.4, 0.5) is 11.4 Å². The number of para-hydroxylation sites is 3. The lowest BCUT2D eigenvalue weighted by Gasteiger charge is -2.27. The quantitative estimate of drug-likeness (QED) is 0.575. The van der Waals surface area contributed by atoms with Crippen molar-refractivity contribution in [2.45, 2.75) is 18.7 Å². The molecule has 1 heterocycles. The molecular formula is C25H24N2O3S. The van der Waals surface area contributed by atoms with Gasteiger partial charge in [0.2, 0.25) is 5.91 Å². The van der Waals surface area contributed by atoms with Crippen molar-refractivity contribution in [1.29, 1.82) is 0 Å². The average molecular weight is 433 g/mol. The van der Waals surface area contributed by atoms with Gasteiger partial charge in [-0.25, -0.2) is 0 Å². The highest BCUT2D eigenvalue weighted by Crippen LogP contribution is 2.46. The molecule has 0 saturated carbocycles. The summed E-state index contributed by atoms with van der Waals surface area (Å²) in [6.45, 7) is 2.08. The van der Waals surface area contributed by atoms with Crippen molar-refractivity contribution in [2.75, 3.05) is 23.1 Å². The SMILES string of the molecule is CCc1ccc(C(=O)Nc2ccccc2[C@@H]2SCC(=O)N2c2ccccc2OC)cc1. The summed E-state index contributed by atoms with van der Waals surface area (Å²) in [6.07, 6.45) is 0.927. The number of rotatable bonds is 6. The molecule has 0 unspecified atom stereocenters. The number of carbonyl (C=O) groups excluding carboxylic acids is 2. The van der Waals surface area contributed by atoms with Crippen molar-refractivity contribution >= 4 is 35.0 Å². The van der Waals surface area contributed by atoms with Crippen LogP contribution in [0.3, 0.4) is 0 Å². The van der Waals surface area contributed by atoms with E-state index in [2.05, 4.69) is 12.2 Å². The largest absolute Gasteiger partial charge is 0.495 e. The number of methoxy groups -OCH3 is 1. The standard InChI is InChI=1S/C25H24N2O3S/c1-3-17-12-14-18(15-13-17)24(29)26-20-9-5-4-8-19(20)25-27(23(28)16-31-25)21-10-6-7-11-22(21)30-2/h4-15,25H,3,16H2,1-2H3,(H,26,29)/t25-/m0/s1. The Hall–Kier alpha value is -3.25. The number of aryl methyl sites for hydroxylation is 1. The molecule has 1 saturated heterocycles. The van der Waals surface area contributed by atoms with Gasteiger partial charge in [0.05, 0.1) is 18.6 Å². The lowest BCUT2D eigenvalue weighted by atomic mass is 10.1. The second kappa shape index (κ2) is 9.27. The van der Waals surface area contributed by atoms with Crippen molar-refractivity contribution in [3.05, 3.63) is 89.5 Å². The van der Waals surface area contributed by atoms with Gasteiger partial charge in [0, 0.05) is 16.8 Å². The third kappa shape index (κ3) is 4.30. The Kier molecular flexibility index (Phi) is 6.28. The zero-order chi connectivity index (χ0) is 21.8. The van der Waals surface area contributed by atoms with Crippen molar-refractivity contribution in [1.82, 2.24) is 0 Å². The summed E-state index contributed by atoms with van der Waals surface area (Å²) >= 11 is 1.54. The van der Waals surface area contributed by atoms with Crippen LogP contribution in [0.2, 0.25) is 0 Å². The summed E-state index contributed by atoms with van der Waals surface area (Å²) in [6, 6.07) is 22.7. The Bertz CT molecular complexity index is 1100. The molecule has 6 heteroatoms. The van der Waals surface area contributed by atoms with E-state index in [0.29, 0.717) is 22.8 Å². The smallest absolute Gasteiger partial charge is 0.255 e. The zero-order valence-electron chi connectivity index (χ0n) is 17.5. The number of thioether (sulfide) groups is 1. The van der Waals surface area contributed by atoms with Crippen LogP contribution < -0.4 is 15.0 Å². The number of hydrogen-bond acceptors (Lipinski definition) is 4. The fraction of sp³-hybridized carbons (Fsp3) is 0.200. The molecule has 158 valence electrons. The van der Waals surface area contributed by atoms with Crippen LogP contribution in [-0.2, 0) is 11.2 Å². The van der Waals surface area contributed by atoms with E-state index < -0.39 is 0 Å². The van der Waals surface area contributed by atoms with Crippen molar-refractivity contribution in [3.8, 4) is 5.75 Å². The molecule has 31 heavy (non-hydrogen) atoms. The molecular weight excluding hydrogens is 408 g/mol. The molecule has 0 aliphatic carbocycles. The van der Waals surface area contributed by atoms with Gasteiger partial charge >= 0.3 is 0 Å².